The highest BCUT2D eigenvalue weighted by Gasteiger charge is 2.18. The molecule has 0 aliphatic heterocycles. The summed E-state index contributed by atoms with van der Waals surface area (Å²) in [4.78, 5) is 19.8. The Morgan fingerprint density at radius 2 is 2.18 bits per heavy atom. The second-order valence-electron chi connectivity index (χ2n) is 8.09. The average Bonchev–Trinajstić information content (AvgIpc) is 3.54. The molecule has 34 heavy (non-hydrogen) atoms. The van der Waals surface area contributed by atoms with Crippen LogP contribution in [0.1, 0.15) is 23.3 Å². The quantitative estimate of drug-likeness (QED) is 0.435. The molecule has 0 bridgehead atoms. The first kappa shape index (κ1) is 21.4. The number of allylic oxidation sites excluding steroid dienone is 2. The van der Waals surface area contributed by atoms with Gasteiger partial charge in [-0.2, -0.15) is 10.2 Å². The van der Waals surface area contributed by atoms with Crippen LogP contribution < -0.4 is 15.0 Å². The van der Waals surface area contributed by atoms with E-state index in [0.29, 0.717) is 17.1 Å². The largest absolute Gasteiger partial charge is 0.497 e. The number of amides is 1. The van der Waals surface area contributed by atoms with Gasteiger partial charge in [0.05, 0.1) is 19.0 Å². The fourth-order valence-electron chi connectivity index (χ4n) is 3.90. The van der Waals surface area contributed by atoms with Crippen LogP contribution in [0, 0.1) is 0 Å². The first-order chi connectivity index (χ1) is 16.6. The maximum atomic E-state index is 13.0. The molecular weight excluding hydrogens is 430 g/mol. The number of ether oxygens (including phenoxy) is 1. The molecule has 3 heterocycles. The lowest BCUT2D eigenvalue weighted by Gasteiger charge is -2.21. The molecule has 2 N–H and O–H groups in total. The maximum Gasteiger partial charge on any atom is 0.276 e. The van der Waals surface area contributed by atoms with Gasteiger partial charge in [0, 0.05) is 49.2 Å². The molecule has 0 fully saturated rings. The number of likely N-dealkylation sites (N-methyl/N-ethyl adjacent to an activating group) is 1. The number of rotatable bonds is 7. The van der Waals surface area contributed by atoms with E-state index in [0.717, 1.165) is 36.5 Å². The van der Waals surface area contributed by atoms with Crippen LogP contribution in [0.5, 0.6) is 5.75 Å². The zero-order valence-electron chi connectivity index (χ0n) is 19.0. The molecule has 0 saturated heterocycles. The van der Waals surface area contributed by atoms with Crippen LogP contribution in [0.4, 0.5) is 11.5 Å². The molecule has 0 radical (unpaired) electrons. The molecule has 0 saturated carbocycles. The summed E-state index contributed by atoms with van der Waals surface area (Å²) in [6.45, 7) is 0.738. The first-order valence-electron chi connectivity index (χ1n) is 11.0. The summed E-state index contributed by atoms with van der Waals surface area (Å²) >= 11 is 0. The third kappa shape index (κ3) is 4.40. The smallest absolute Gasteiger partial charge is 0.276 e. The Morgan fingerprint density at radius 3 is 2.94 bits per heavy atom. The monoisotopic (exact) mass is 455 g/mol. The number of aromatic nitrogens is 5. The predicted molar refractivity (Wildman–Crippen MR) is 131 cm³/mol. The van der Waals surface area contributed by atoms with Crippen molar-refractivity contribution in [3.63, 3.8) is 0 Å². The predicted octanol–water partition coefficient (Wildman–Crippen LogP) is 4.09. The molecule has 1 aliphatic rings. The zero-order chi connectivity index (χ0) is 23.5. The Morgan fingerprint density at radius 1 is 1.26 bits per heavy atom. The highest BCUT2D eigenvalue weighted by Crippen LogP contribution is 2.25. The fourth-order valence-corrected chi connectivity index (χ4v) is 3.90. The fraction of sp³-hybridized carbons (Fsp3) is 0.200. The molecule has 0 atom stereocenters. The molecule has 1 amide bonds. The molecule has 4 aromatic rings. The number of anilines is 2. The number of methoxy groups -OCH3 is 1. The van der Waals surface area contributed by atoms with Crippen LogP contribution in [0.2, 0.25) is 0 Å². The maximum absolute atomic E-state index is 13.0. The topological polar surface area (TPSA) is 100 Å². The molecule has 0 unspecified atom stereocenters. The third-order valence-electron chi connectivity index (χ3n) is 5.65. The summed E-state index contributed by atoms with van der Waals surface area (Å²) in [5.74, 6) is 1.11. The lowest BCUT2D eigenvalue weighted by molar-refractivity contribution is 0.102. The van der Waals surface area contributed by atoms with Gasteiger partial charge in [-0.25, -0.2) is 9.50 Å². The normalized spacial score (nSPS) is 13.1. The number of fused-ring (bicyclic) bond motifs is 1. The Kier molecular flexibility index (Phi) is 5.82. The Hall–Kier alpha value is -4.40. The SMILES string of the molecule is COc1cccc(NC(=O)c2cc3nc(N(C)CC4=CCCC=C4)cc(-c4cn[nH]c4)n3n2)c1. The lowest BCUT2D eigenvalue weighted by Crippen LogP contribution is -2.21. The van der Waals surface area contributed by atoms with Gasteiger partial charge in [0.15, 0.2) is 11.3 Å². The number of benzene rings is 1. The van der Waals surface area contributed by atoms with Gasteiger partial charge in [0.1, 0.15) is 11.6 Å². The van der Waals surface area contributed by atoms with Gasteiger partial charge >= 0.3 is 0 Å². The molecule has 1 aromatic carbocycles. The number of hydrogen-bond acceptors (Lipinski definition) is 6. The summed E-state index contributed by atoms with van der Waals surface area (Å²) in [6.07, 6.45) is 12.3. The summed E-state index contributed by atoms with van der Waals surface area (Å²) in [7, 11) is 3.59. The van der Waals surface area contributed by atoms with Gasteiger partial charge in [-0.05, 0) is 30.5 Å². The van der Waals surface area contributed by atoms with E-state index in [2.05, 4.69) is 43.7 Å². The van der Waals surface area contributed by atoms with Crippen LogP contribution in [0.25, 0.3) is 16.9 Å². The van der Waals surface area contributed by atoms with Crippen molar-refractivity contribution >= 4 is 23.1 Å². The standard InChI is InChI=1S/C25H25N7O2/c1-31(16-17-7-4-3-5-8-17)23-13-22(18-14-26-27-15-18)32-24(29-23)12-21(30-32)25(33)28-19-9-6-10-20(11-19)34-2/h4,6-15H,3,5,16H2,1-2H3,(H,26,27)(H,28,33). The van der Waals surface area contributed by atoms with E-state index >= 15 is 0 Å². The Balaban J connectivity index is 1.49. The molecule has 1 aliphatic carbocycles. The van der Waals surface area contributed by atoms with Gasteiger partial charge in [-0.3, -0.25) is 9.89 Å². The van der Waals surface area contributed by atoms with E-state index in [1.165, 1.54) is 5.57 Å². The number of aromatic amines is 1. The number of H-pyrrole nitrogens is 1. The number of carbonyl (C=O) groups excluding carboxylic acids is 1. The number of nitrogens with zero attached hydrogens (tertiary/aromatic N) is 5. The lowest BCUT2D eigenvalue weighted by atomic mass is 10.1. The van der Waals surface area contributed by atoms with Crippen molar-refractivity contribution < 1.29 is 9.53 Å². The summed E-state index contributed by atoms with van der Waals surface area (Å²) in [5.41, 5.74) is 4.35. The van der Waals surface area contributed by atoms with Crippen molar-refractivity contribution in [2.75, 3.05) is 30.9 Å². The van der Waals surface area contributed by atoms with E-state index in [4.69, 9.17) is 9.72 Å². The second kappa shape index (κ2) is 9.22. The molecule has 9 nitrogen and oxygen atoms in total. The molecule has 9 heteroatoms. The Labute approximate surface area is 196 Å². The van der Waals surface area contributed by atoms with Crippen LogP contribution >= 0.6 is 0 Å². The first-order valence-corrected chi connectivity index (χ1v) is 11.0. The minimum Gasteiger partial charge on any atom is -0.497 e. The van der Waals surface area contributed by atoms with Gasteiger partial charge in [-0.15, -0.1) is 0 Å². The highest BCUT2D eigenvalue weighted by molar-refractivity contribution is 6.03. The third-order valence-corrected chi connectivity index (χ3v) is 5.65. The van der Waals surface area contributed by atoms with E-state index in [9.17, 15) is 4.79 Å². The molecular formula is C25H25N7O2. The van der Waals surface area contributed by atoms with Gasteiger partial charge in [0.2, 0.25) is 0 Å². The van der Waals surface area contributed by atoms with Gasteiger partial charge in [-0.1, -0.05) is 24.3 Å². The van der Waals surface area contributed by atoms with Crippen molar-refractivity contribution in [2.24, 2.45) is 0 Å². The van der Waals surface area contributed by atoms with Gasteiger partial charge < -0.3 is 15.0 Å². The number of nitrogens with one attached hydrogen (secondary N) is 2. The number of hydrogen-bond donors (Lipinski definition) is 2. The average molecular weight is 456 g/mol. The van der Waals surface area contributed by atoms with Crippen molar-refractivity contribution in [2.45, 2.75) is 12.8 Å². The van der Waals surface area contributed by atoms with Crippen molar-refractivity contribution in [3.05, 3.63) is 78.3 Å². The van der Waals surface area contributed by atoms with Crippen LogP contribution in [-0.2, 0) is 0 Å². The van der Waals surface area contributed by atoms with Crippen LogP contribution in [-0.4, -0.2) is 51.4 Å². The van der Waals surface area contributed by atoms with Crippen LogP contribution in [0.3, 0.4) is 0 Å². The van der Waals surface area contributed by atoms with Crippen molar-refractivity contribution in [3.8, 4) is 17.0 Å². The summed E-state index contributed by atoms with van der Waals surface area (Å²) in [5, 5.41) is 14.3. The number of carbonyl (C=O) groups is 1. The van der Waals surface area contributed by atoms with Gasteiger partial charge in [0.25, 0.3) is 5.91 Å². The van der Waals surface area contributed by atoms with E-state index < -0.39 is 0 Å². The van der Waals surface area contributed by atoms with E-state index in [1.807, 2.05) is 25.2 Å². The molecule has 0 spiro atoms. The highest BCUT2D eigenvalue weighted by atomic mass is 16.5. The summed E-state index contributed by atoms with van der Waals surface area (Å²) < 4.78 is 6.90. The van der Waals surface area contributed by atoms with E-state index in [1.54, 1.807) is 42.2 Å². The molecule has 3 aromatic heterocycles. The second-order valence-corrected chi connectivity index (χ2v) is 8.09. The van der Waals surface area contributed by atoms with Crippen molar-refractivity contribution in [1.29, 1.82) is 0 Å². The minimum absolute atomic E-state index is 0.262. The zero-order valence-corrected chi connectivity index (χ0v) is 19.0. The molecule has 172 valence electrons. The minimum atomic E-state index is -0.329. The van der Waals surface area contributed by atoms with E-state index in [-0.39, 0.29) is 11.6 Å². The van der Waals surface area contributed by atoms with Crippen LogP contribution in [0.15, 0.2) is 72.6 Å². The molecule has 5 rings (SSSR count). The Bertz CT molecular complexity index is 1390. The summed E-state index contributed by atoms with van der Waals surface area (Å²) in [6, 6.07) is 10.8. The van der Waals surface area contributed by atoms with Crippen molar-refractivity contribution in [1.82, 2.24) is 24.8 Å².